The van der Waals surface area contributed by atoms with Crippen molar-refractivity contribution in [3.8, 4) is 0 Å². The molecule has 110 valence electrons. The van der Waals surface area contributed by atoms with Gasteiger partial charge < -0.3 is 15.0 Å². The van der Waals surface area contributed by atoms with E-state index in [1.165, 1.54) is 19.2 Å². The number of rotatable bonds is 3. The largest absolute Gasteiger partial charge is 0.465 e. The first-order valence-corrected chi connectivity index (χ1v) is 6.65. The fraction of sp³-hybridized carbons (Fsp3) is 0.200. The number of hydrogen-bond donors (Lipinski definition) is 2. The molecular weight excluding hydrogens is 292 g/mol. The summed E-state index contributed by atoms with van der Waals surface area (Å²) >= 11 is 6.05. The molecule has 21 heavy (non-hydrogen) atoms. The van der Waals surface area contributed by atoms with Crippen molar-refractivity contribution in [1.82, 2.24) is 4.98 Å². The number of benzene rings is 1. The van der Waals surface area contributed by atoms with Crippen LogP contribution < -0.4 is 5.32 Å². The molecule has 0 aliphatic carbocycles. The molecule has 2 aromatic rings. The zero-order chi connectivity index (χ0) is 15.6. The number of ether oxygens (including phenoxy) is 1. The van der Waals surface area contributed by atoms with Crippen LogP contribution in [0.5, 0.6) is 0 Å². The number of hydrogen-bond acceptors (Lipinski definition) is 3. The first-order chi connectivity index (χ1) is 9.92. The fourth-order valence-electron chi connectivity index (χ4n) is 2.02. The molecule has 0 unspecified atom stereocenters. The summed E-state index contributed by atoms with van der Waals surface area (Å²) in [6.45, 7) is 3.68. The molecule has 1 amide bonds. The number of aromatic nitrogens is 1. The lowest BCUT2D eigenvalue weighted by Crippen LogP contribution is -2.13. The molecule has 0 radical (unpaired) electrons. The number of aromatic amines is 1. The number of nitrogens with one attached hydrogen (secondary N) is 2. The van der Waals surface area contributed by atoms with Crippen LogP contribution in [0.1, 0.15) is 32.1 Å². The van der Waals surface area contributed by atoms with Crippen molar-refractivity contribution in [2.45, 2.75) is 13.8 Å². The van der Waals surface area contributed by atoms with Crippen LogP contribution in [0.4, 0.5) is 5.69 Å². The Hall–Kier alpha value is -2.27. The van der Waals surface area contributed by atoms with E-state index in [0.29, 0.717) is 21.8 Å². The van der Waals surface area contributed by atoms with E-state index in [4.69, 9.17) is 11.6 Å². The van der Waals surface area contributed by atoms with Crippen LogP contribution in [0.2, 0.25) is 5.02 Å². The Morgan fingerprint density at radius 1 is 1.24 bits per heavy atom. The molecule has 0 atom stereocenters. The second-order valence-corrected chi connectivity index (χ2v) is 5.04. The molecular formula is C15H15ClN2O3. The zero-order valence-electron chi connectivity index (χ0n) is 11.9. The minimum Gasteiger partial charge on any atom is -0.465 e. The average Bonchev–Trinajstić information content (AvgIpc) is 2.79. The van der Waals surface area contributed by atoms with Gasteiger partial charge in [0, 0.05) is 11.4 Å². The number of halogens is 1. The minimum absolute atomic E-state index is 0.291. The van der Waals surface area contributed by atoms with Gasteiger partial charge in [0.1, 0.15) is 0 Å². The number of anilines is 1. The van der Waals surface area contributed by atoms with Gasteiger partial charge in [0.2, 0.25) is 0 Å². The standard InChI is InChI=1S/C15H15ClN2O3/c1-8-6-11(9(2)17-8)14(19)18-13-7-10(15(20)21-3)4-5-12(13)16/h4-7,17H,1-3H3,(H,18,19). The van der Waals surface area contributed by atoms with E-state index in [0.717, 1.165) is 11.4 Å². The summed E-state index contributed by atoms with van der Waals surface area (Å²) in [7, 11) is 1.29. The second kappa shape index (κ2) is 6.01. The van der Waals surface area contributed by atoms with Crippen molar-refractivity contribution >= 4 is 29.2 Å². The summed E-state index contributed by atoms with van der Waals surface area (Å²) in [5.41, 5.74) is 2.88. The Bertz CT molecular complexity index is 707. The molecule has 0 aliphatic rings. The van der Waals surface area contributed by atoms with Crippen LogP contribution >= 0.6 is 11.6 Å². The minimum atomic E-state index is -0.490. The summed E-state index contributed by atoms with van der Waals surface area (Å²) in [6, 6.07) is 6.32. The predicted octanol–water partition coefficient (Wildman–Crippen LogP) is 3.32. The van der Waals surface area contributed by atoms with Crippen molar-refractivity contribution in [2.75, 3.05) is 12.4 Å². The van der Waals surface area contributed by atoms with E-state index >= 15 is 0 Å². The monoisotopic (exact) mass is 306 g/mol. The second-order valence-electron chi connectivity index (χ2n) is 4.63. The van der Waals surface area contributed by atoms with Gasteiger partial charge in [-0.15, -0.1) is 0 Å². The van der Waals surface area contributed by atoms with E-state index in [2.05, 4.69) is 15.0 Å². The normalized spacial score (nSPS) is 10.3. The summed E-state index contributed by atoms with van der Waals surface area (Å²) < 4.78 is 4.64. The van der Waals surface area contributed by atoms with Gasteiger partial charge in [-0.25, -0.2) is 4.79 Å². The number of methoxy groups -OCH3 is 1. The van der Waals surface area contributed by atoms with E-state index in [9.17, 15) is 9.59 Å². The summed E-state index contributed by atoms with van der Waals surface area (Å²) in [4.78, 5) is 26.8. The lowest BCUT2D eigenvalue weighted by atomic mass is 10.2. The molecule has 1 aromatic heterocycles. The van der Waals surface area contributed by atoms with Crippen LogP contribution in [0.3, 0.4) is 0 Å². The highest BCUT2D eigenvalue weighted by Crippen LogP contribution is 2.24. The Morgan fingerprint density at radius 2 is 1.95 bits per heavy atom. The number of amides is 1. The fourth-order valence-corrected chi connectivity index (χ4v) is 2.18. The number of carbonyl (C=O) groups excluding carboxylic acids is 2. The maximum Gasteiger partial charge on any atom is 0.337 e. The molecule has 0 bridgehead atoms. The molecule has 1 heterocycles. The summed E-state index contributed by atoms with van der Waals surface area (Å²) in [6.07, 6.45) is 0. The third-order valence-electron chi connectivity index (χ3n) is 3.03. The van der Waals surface area contributed by atoms with Crippen molar-refractivity contribution < 1.29 is 14.3 Å². The SMILES string of the molecule is COC(=O)c1ccc(Cl)c(NC(=O)c2cc(C)[nH]c2C)c1. The van der Waals surface area contributed by atoms with Gasteiger partial charge in [0.05, 0.1) is 28.9 Å². The first-order valence-electron chi connectivity index (χ1n) is 6.27. The van der Waals surface area contributed by atoms with Crippen molar-refractivity contribution in [3.05, 3.63) is 51.8 Å². The molecule has 0 spiro atoms. The molecule has 1 aromatic carbocycles. The molecule has 2 rings (SSSR count). The highest BCUT2D eigenvalue weighted by molar-refractivity contribution is 6.34. The molecule has 0 aliphatic heterocycles. The molecule has 0 saturated heterocycles. The maximum atomic E-state index is 12.2. The molecule has 0 fully saturated rings. The first kappa shape index (κ1) is 15.1. The molecule has 6 heteroatoms. The highest BCUT2D eigenvalue weighted by atomic mass is 35.5. The van der Waals surface area contributed by atoms with Gasteiger partial charge >= 0.3 is 5.97 Å². The van der Waals surface area contributed by atoms with Gasteiger partial charge in [-0.05, 0) is 38.1 Å². The van der Waals surface area contributed by atoms with Crippen LogP contribution in [-0.2, 0) is 4.74 Å². The van der Waals surface area contributed by atoms with E-state index in [1.807, 2.05) is 13.8 Å². The van der Waals surface area contributed by atoms with E-state index in [-0.39, 0.29) is 5.91 Å². The topological polar surface area (TPSA) is 71.2 Å². The zero-order valence-corrected chi connectivity index (χ0v) is 12.7. The van der Waals surface area contributed by atoms with Gasteiger partial charge in [0.15, 0.2) is 0 Å². The predicted molar refractivity (Wildman–Crippen MR) is 81.0 cm³/mol. The molecule has 5 nitrogen and oxygen atoms in total. The summed E-state index contributed by atoms with van der Waals surface area (Å²) in [5.74, 6) is -0.781. The van der Waals surface area contributed by atoms with Gasteiger partial charge in [-0.3, -0.25) is 4.79 Å². The smallest absolute Gasteiger partial charge is 0.337 e. The lowest BCUT2D eigenvalue weighted by molar-refractivity contribution is 0.0600. The van der Waals surface area contributed by atoms with Crippen LogP contribution in [0.15, 0.2) is 24.3 Å². The third-order valence-corrected chi connectivity index (χ3v) is 3.36. The van der Waals surface area contributed by atoms with Crippen molar-refractivity contribution in [2.24, 2.45) is 0 Å². The lowest BCUT2D eigenvalue weighted by Gasteiger charge is -2.08. The number of carbonyl (C=O) groups is 2. The highest BCUT2D eigenvalue weighted by Gasteiger charge is 2.15. The Labute approximate surface area is 127 Å². The third kappa shape index (κ3) is 3.25. The van der Waals surface area contributed by atoms with Crippen LogP contribution in [0.25, 0.3) is 0 Å². The average molecular weight is 307 g/mol. The van der Waals surface area contributed by atoms with Crippen molar-refractivity contribution in [1.29, 1.82) is 0 Å². The number of esters is 1. The Balaban J connectivity index is 2.28. The Kier molecular flexibility index (Phi) is 4.33. The van der Waals surface area contributed by atoms with Gasteiger partial charge in [-0.1, -0.05) is 11.6 Å². The van der Waals surface area contributed by atoms with Crippen molar-refractivity contribution in [3.63, 3.8) is 0 Å². The van der Waals surface area contributed by atoms with Gasteiger partial charge in [0.25, 0.3) is 5.91 Å². The van der Waals surface area contributed by atoms with Gasteiger partial charge in [-0.2, -0.15) is 0 Å². The molecule has 2 N–H and O–H groups in total. The maximum absolute atomic E-state index is 12.2. The Morgan fingerprint density at radius 3 is 2.52 bits per heavy atom. The number of H-pyrrole nitrogens is 1. The number of aryl methyl sites for hydroxylation is 2. The van der Waals surface area contributed by atoms with Crippen LogP contribution in [-0.4, -0.2) is 24.0 Å². The summed E-state index contributed by atoms with van der Waals surface area (Å²) in [5, 5.41) is 3.05. The van der Waals surface area contributed by atoms with E-state index in [1.54, 1.807) is 12.1 Å². The van der Waals surface area contributed by atoms with E-state index < -0.39 is 5.97 Å². The quantitative estimate of drug-likeness (QED) is 0.854. The van der Waals surface area contributed by atoms with Crippen LogP contribution in [0, 0.1) is 13.8 Å². The molecule has 0 saturated carbocycles.